The third-order valence-corrected chi connectivity index (χ3v) is 4.12. The Morgan fingerprint density at radius 1 is 1.05 bits per heavy atom. The molecule has 2 rings (SSSR count). The van der Waals surface area contributed by atoms with Gasteiger partial charge in [0, 0.05) is 11.4 Å². The Bertz CT molecular complexity index is 755. The zero-order chi connectivity index (χ0) is 15.6. The fourth-order valence-corrected chi connectivity index (χ4v) is 2.86. The summed E-state index contributed by atoms with van der Waals surface area (Å²) < 4.78 is 23.4. The second-order valence-corrected chi connectivity index (χ2v) is 6.70. The summed E-state index contributed by atoms with van der Waals surface area (Å²) in [5, 5.41) is 8.40. The lowest BCUT2D eigenvalue weighted by Crippen LogP contribution is -2.14. The van der Waals surface area contributed by atoms with Crippen molar-refractivity contribution >= 4 is 27.1 Å². The minimum Gasteiger partial charge on any atom is -0.399 e. The molecule has 6 heteroatoms. The van der Waals surface area contributed by atoms with Gasteiger partial charge in [0.15, 0.2) is 0 Å². The van der Waals surface area contributed by atoms with Crippen LogP contribution in [0.2, 0.25) is 0 Å². The van der Waals surface area contributed by atoms with Gasteiger partial charge >= 0.3 is 0 Å². The Morgan fingerprint density at radius 3 is 2.33 bits per heavy atom. The van der Waals surface area contributed by atoms with Crippen molar-refractivity contribution in [1.29, 1.82) is 0 Å². The van der Waals surface area contributed by atoms with E-state index in [-0.39, 0.29) is 4.90 Å². The van der Waals surface area contributed by atoms with Crippen LogP contribution in [0, 0.1) is 0 Å². The Balaban J connectivity index is 2.51. The molecule has 5 nitrogen and oxygen atoms in total. The molecule has 2 aromatic rings. The number of sulfonamides is 1. The SMILES string of the molecule is CC(C)c1ccccc1Nc1ccc(N)cc1S(N)(=O)=O. The van der Waals surface area contributed by atoms with Gasteiger partial charge in [-0.1, -0.05) is 32.0 Å². The van der Waals surface area contributed by atoms with Crippen molar-refractivity contribution in [2.75, 3.05) is 11.1 Å². The van der Waals surface area contributed by atoms with Crippen molar-refractivity contribution in [3.8, 4) is 0 Å². The maximum absolute atomic E-state index is 11.7. The minimum absolute atomic E-state index is 0.0129. The molecule has 0 fully saturated rings. The smallest absolute Gasteiger partial charge is 0.240 e. The Kier molecular flexibility index (Phi) is 4.20. The first-order valence-electron chi connectivity index (χ1n) is 6.57. The molecule has 2 aromatic carbocycles. The number of hydrogen-bond donors (Lipinski definition) is 3. The average Bonchev–Trinajstić information content (AvgIpc) is 2.40. The third kappa shape index (κ3) is 3.53. The van der Waals surface area contributed by atoms with Crippen LogP contribution >= 0.6 is 0 Å². The maximum Gasteiger partial charge on any atom is 0.240 e. The summed E-state index contributed by atoms with van der Waals surface area (Å²) in [7, 11) is -3.85. The van der Waals surface area contributed by atoms with Crippen LogP contribution in [-0.2, 0) is 10.0 Å². The number of primary sulfonamides is 1. The highest BCUT2D eigenvalue weighted by molar-refractivity contribution is 7.89. The van der Waals surface area contributed by atoms with Crippen LogP contribution in [0.25, 0.3) is 0 Å². The largest absolute Gasteiger partial charge is 0.399 e. The second-order valence-electron chi connectivity index (χ2n) is 5.17. The standard InChI is InChI=1S/C15H19N3O2S/c1-10(2)12-5-3-4-6-13(12)18-14-8-7-11(16)9-15(14)21(17,19)20/h3-10,18H,16H2,1-2H3,(H2,17,19,20). The van der Waals surface area contributed by atoms with Gasteiger partial charge in [-0.15, -0.1) is 0 Å². The normalized spacial score (nSPS) is 11.6. The van der Waals surface area contributed by atoms with E-state index >= 15 is 0 Å². The zero-order valence-electron chi connectivity index (χ0n) is 12.0. The van der Waals surface area contributed by atoms with Gasteiger partial charge in [0.25, 0.3) is 0 Å². The number of benzene rings is 2. The van der Waals surface area contributed by atoms with Gasteiger partial charge in [-0.2, -0.15) is 0 Å². The Morgan fingerprint density at radius 2 is 1.71 bits per heavy atom. The van der Waals surface area contributed by atoms with Crippen LogP contribution in [0.1, 0.15) is 25.3 Å². The molecule has 0 aromatic heterocycles. The van der Waals surface area contributed by atoms with E-state index in [1.54, 1.807) is 12.1 Å². The van der Waals surface area contributed by atoms with E-state index in [1.165, 1.54) is 6.07 Å². The highest BCUT2D eigenvalue weighted by atomic mass is 32.2. The number of hydrogen-bond acceptors (Lipinski definition) is 4. The molecule has 0 aliphatic rings. The van der Waals surface area contributed by atoms with Crippen LogP contribution in [0.15, 0.2) is 47.4 Å². The molecule has 0 radical (unpaired) electrons. The van der Waals surface area contributed by atoms with E-state index in [2.05, 4.69) is 19.2 Å². The highest BCUT2D eigenvalue weighted by Crippen LogP contribution is 2.30. The highest BCUT2D eigenvalue weighted by Gasteiger charge is 2.16. The van der Waals surface area contributed by atoms with Gasteiger partial charge < -0.3 is 11.1 Å². The van der Waals surface area contributed by atoms with Crippen molar-refractivity contribution < 1.29 is 8.42 Å². The van der Waals surface area contributed by atoms with Gasteiger partial charge in [-0.3, -0.25) is 0 Å². The number of nitrogens with two attached hydrogens (primary N) is 2. The molecule has 0 aliphatic heterocycles. The quantitative estimate of drug-likeness (QED) is 0.756. The minimum atomic E-state index is -3.85. The molecular weight excluding hydrogens is 286 g/mol. The van der Waals surface area contributed by atoms with Gasteiger partial charge in [0.05, 0.1) is 5.69 Å². The fourth-order valence-electron chi connectivity index (χ4n) is 2.14. The summed E-state index contributed by atoms with van der Waals surface area (Å²) in [6, 6.07) is 12.3. The van der Waals surface area contributed by atoms with Gasteiger partial charge in [0.1, 0.15) is 4.90 Å². The number of nitrogens with one attached hydrogen (secondary N) is 1. The zero-order valence-corrected chi connectivity index (χ0v) is 12.8. The lowest BCUT2D eigenvalue weighted by Gasteiger charge is -2.16. The molecule has 0 spiro atoms. The first-order valence-corrected chi connectivity index (χ1v) is 8.12. The van der Waals surface area contributed by atoms with Crippen molar-refractivity contribution in [3.05, 3.63) is 48.0 Å². The molecule has 21 heavy (non-hydrogen) atoms. The van der Waals surface area contributed by atoms with E-state index < -0.39 is 10.0 Å². The van der Waals surface area contributed by atoms with Crippen molar-refractivity contribution in [2.24, 2.45) is 5.14 Å². The molecule has 0 heterocycles. The van der Waals surface area contributed by atoms with Crippen LogP contribution in [0.5, 0.6) is 0 Å². The van der Waals surface area contributed by atoms with Crippen molar-refractivity contribution in [1.82, 2.24) is 0 Å². The maximum atomic E-state index is 11.7. The Labute approximate surface area is 125 Å². The van der Waals surface area contributed by atoms with Crippen molar-refractivity contribution in [2.45, 2.75) is 24.7 Å². The molecule has 0 aliphatic carbocycles. The van der Waals surface area contributed by atoms with E-state index in [0.29, 0.717) is 17.3 Å². The first-order chi connectivity index (χ1) is 9.79. The first kappa shape index (κ1) is 15.3. The topological polar surface area (TPSA) is 98.2 Å². The molecule has 0 amide bonds. The van der Waals surface area contributed by atoms with Crippen LogP contribution in [0.3, 0.4) is 0 Å². The Hall–Kier alpha value is -2.05. The molecule has 0 unspecified atom stereocenters. The molecule has 0 saturated heterocycles. The van der Waals surface area contributed by atoms with E-state index in [4.69, 9.17) is 10.9 Å². The molecule has 0 saturated carbocycles. The molecule has 5 N–H and O–H groups in total. The summed E-state index contributed by atoms with van der Waals surface area (Å²) in [5.74, 6) is 0.306. The molecule has 112 valence electrons. The number of para-hydroxylation sites is 1. The predicted molar refractivity (Wildman–Crippen MR) is 86.0 cm³/mol. The number of rotatable bonds is 4. The van der Waals surface area contributed by atoms with E-state index in [1.807, 2.05) is 24.3 Å². The lowest BCUT2D eigenvalue weighted by atomic mass is 10.0. The molecular formula is C15H19N3O2S. The van der Waals surface area contributed by atoms with Gasteiger partial charge in [-0.05, 0) is 35.7 Å². The summed E-state index contributed by atoms with van der Waals surface area (Å²) in [5.41, 5.74) is 8.35. The lowest BCUT2D eigenvalue weighted by molar-refractivity contribution is 0.598. The molecule has 0 bridgehead atoms. The van der Waals surface area contributed by atoms with Crippen LogP contribution in [0.4, 0.5) is 17.1 Å². The monoisotopic (exact) mass is 305 g/mol. The summed E-state index contributed by atoms with van der Waals surface area (Å²) in [6.07, 6.45) is 0. The second kappa shape index (κ2) is 5.75. The van der Waals surface area contributed by atoms with E-state index in [0.717, 1.165) is 11.3 Å². The third-order valence-electron chi connectivity index (χ3n) is 3.16. The van der Waals surface area contributed by atoms with E-state index in [9.17, 15) is 8.42 Å². The fraction of sp³-hybridized carbons (Fsp3) is 0.200. The van der Waals surface area contributed by atoms with Crippen LogP contribution in [-0.4, -0.2) is 8.42 Å². The average molecular weight is 305 g/mol. The van der Waals surface area contributed by atoms with Gasteiger partial charge in [0.2, 0.25) is 10.0 Å². The number of anilines is 3. The summed E-state index contributed by atoms with van der Waals surface area (Å²) in [6.45, 7) is 4.15. The number of nitrogen functional groups attached to an aromatic ring is 1. The predicted octanol–water partition coefficient (Wildman–Crippen LogP) is 2.78. The summed E-state index contributed by atoms with van der Waals surface area (Å²) >= 11 is 0. The summed E-state index contributed by atoms with van der Waals surface area (Å²) in [4.78, 5) is -0.0129. The van der Waals surface area contributed by atoms with Gasteiger partial charge in [-0.25, -0.2) is 13.6 Å². The van der Waals surface area contributed by atoms with Crippen molar-refractivity contribution in [3.63, 3.8) is 0 Å². The molecule has 0 atom stereocenters. The van der Waals surface area contributed by atoms with Crippen LogP contribution < -0.4 is 16.2 Å².